The number of nitrogens with zero attached hydrogens (tertiary/aromatic N) is 1. The summed E-state index contributed by atoms with van der Waals surface area (Å²) in [5.74, 6) is -1.17. The van der Waals surface area contributed by atoms with Gasteiger partial charge in [-0.2, -0.15) is 0 Å². The third-order valence-corrected chi connectivity index (χ3v) is 7.55. The third-order valence-electron chi connectivity index (χ3n) is 5.78. The Morgan fingerprint density at radius 2 is 1.38 bits per heavy atom. The van der Waals surface area contributed by atoms with Crippen LogP contribution in [0.1, 0.15) is 31.8 Å². The molecule has 1 amide bonds. The number of sulfonamides is 1. The molecule has 0 aliphatic heterocycles. The molecule has 0 bridgehead atoms. The maximum atomic E-state index is 13.9. The lowest BCUT2D eigenvalue weighted by Gasteiger charge is -2.27. The highest BCUT2D eigenvalue weighted by Gasteiger charge is 2.29. The van der Waals surface area contributed by atoms with Crippen molar-refractivity contribution < 1.29 is 22.7 Å². The first-order valence-electron chi connectivity index (χ1n) is 11.5. The van der Waals surface area contributed by atoms with Crippen LogP contribution in [0.3, 0.4) is 0 Å². The largest absolute Gasteiger partial charge is 0.465 e. The van der Waals surface area contributed by atoms with Crippen LogP contribution < -0.4 is 9.62 Å². The van der Waals surface area contributed by atoms with Gasteiger partial charge in [0, 0.05) is 0 Å². The molecule has 0 radical (unpaired) electrons. The highest BCUT2D eigenvalue weighted by molar-refractivity contribution is 7.92. The van der Waals surface area contributed by atoms with Gasteiger partial charge in [0.2, 0.25) is 0 Å². The molecule has 0 unspecified atom stereocenters. The number of hydrogen-bond acceptors (Lipinski definition) is 5. The highest BCUT2D eigenvalue weighted by Crippen LogP contribution is 2.30. The van der Waals surface area contributed by atoms with E-state index >= 15 is 0 Å². The van der Waals surface area contributed by atoms with Gasteiger partial charge in [0.05, 0.1) is 41.1 Å². The van der Waals surface area contributed by atoms with Crippen LogP contribution in [0.2, 0.25) is 0 Å². The van der Waals surface area contributed by atoms with Gasteiger partial charge in [-0.25, -0.2) is 13.2 Å². The summed E-state index contributed by atoms with van der Waals surface area (Å²) in [6, 6.07) is 28.7. The fourth-order valence-electron chi connectivity index (χ4n) is 3.84. The Hall–Kier alpha value is -4.43. The zero-order valence-corrected chi connectivity index (χ0v) is 21.2. The molecule has 1 N–H and O–H groups in total. The number of rotatable bonds is 8. The summed E-state index contributed by atoms with van der Waals surface area (Å²) in [5.41, 5.74) is 2.46. The van der Waals surface area contributed by atoms with E-state index in [1.807, 2.05) is 37.3 Å². The van der Waals surface area contributed by atoms with Crippen LogP contribution in [0.15, 0.2) is 108 Å². The summed E-state index contributed by atoms with van der Waals surface area (Å²) < 4.78 is 33.8. The van der Waals surface area contributed by atoms with Gasteiger partial charge in [-0.1, -0.05) is 72.3 Å². The standard InChI is InChI=1S/C29H26N2O5S/c1-21-16-18-23(19-17-21)37(34,35)31(20-22-10-4-3-5-11-22)27-15-9-7-13-25(27)28(32)30-26-14-8-6-12-24(26)29(33)36-2/h3-19H,20H2,1-2H3,(H,30,32). The summed E-state index contributed by atoms with van der Waals surface area (Å²) in [6.07, 6.45) is 0. The van der Waals surface area contributed by atoms with E-state index in [1.165, 1.54) is 17.5 Å². The number of para-hydroxylation sites is 2. The molecule has 0 heterocycles. The lowest BCUT2D eigenvalue weighted by molar-refractivity contribution is 0.0602. The van der Waals surface area contributed by atoms with E-state index in [2.05, 4.69) is 5.32 Å². The molecule has 0 atom stereocenters. The first kappa shape index (κ1) is 25.7. The zero-order valence-electron chi connectivity index (χ0n) is 20.4. The fourth-order valence-corrected chi connectivity index (χ4v) is 5.31. The number of methoxy groups -OCH3 is 1. The van der Waals surface area contributed by atoms with Gasteiger partial charge < -0.3 is 10.1 Å². The number of ether oxygens (including phenoxy) is 1. The zero-order chi connectivity index (χ0) is 26.4. The van der Waals surface area contributed by atoms with E-state index in [0.717, 1.165) is 11.1 Å². The lowest BCUT2D eigenvalue weighted by Crippen LogP contribution is -2.32. The number of benzene rings is 4. The molecule has 0 aliphatic rings. The first-order chi connectivity index (χ1) is 17.8. The quantitative estimate of drug-likeness (QED) is 0.317. The predicted octanol–water partition coefficient (Wildman–Crippen LogP) is 5.43. The smallest absolute Gasteiger partial charge is 0.339 e. The van der Waals surface area contributed by atoms with Gasteiger partial charge in [-0.05, 0) is 48.9 Å². The van der Waals surface area contributed by atoms with Crippen LogP contribution in [0, 0.1) is 6.92 Å². The van der Waals surface area contributed by atoms with Crippen molar-refractivity contribution in [2.24, 2.45) is 0 Å². The van der Waals surface area contributed by atoms with Gasteiger partial charge >= 0.3 is 5.97 Å². The van der Waals surface area contributed by atoms with Crippen LogP contribution in [-0.4, -0.2) is 27.4 Å². The molecule has 0 saturated carbocycles. The van der Waals surface area contributed by atoms with Crippen molar-refractivity contribution in [2.45, 2.75) is 18.4 Å². The molecule has 4 aromatic carbocycles. The van der Waals surface area contributed by atoms with Crippen LogP contribution in [0.25, 0.3) is 0 Å². The van der Waals surface area contributed by atoms with E-state index in [-0.39, 0.29) is 33.9 Å². The molecule has 4 rings (SSSR count). The molecular formula is C29H26N2O5S. The van der Waals surface area contributed by atoms with E-state index in [0.29, 0.717) is 0 Å². The Balaban J connectivity index is 1.79. The molecule has 0 fully saturated rings. The van der Waals surface area contributed by atoms with E-state index in [1.54, 1.807) is 66.7 Å². The van der Waals surface area contributed by atoms with Crippen molar-refractivity contribution in [3.63, 3.8) is 0 Å². The maximum Gasteiger partial charge on any atom is 0.339 e. The molecule has 0 aromatic heterocycles. The van der Waals surface area contributed by atoms with Crippen LogP contribution in [0.5, 0.6) is 0 Å². The summed E-state index contributed by atoms with van der Waals surface area (Å²) in [6.45, 7) is 1.89. The first-order valence-corrected chi connectivity index (χ1v) is 13.0. The number of nitrogens with one attached hydrogen (secondary N) is 1. The number of carbonyl (C=O) groups excluding carboxylic acids is 2. The molecule has 0 spiro atoms. The van der Waals surface area contributed by atoms with Crippen molar-refractivity contribution in [2.75, 3.05) is 16.7 Å². The lowest BCUT2D eigenvalue weighted by atomic mass is 10.1. The molecule has 8 heteroatoms. The summed E-state index contributed by atoms with van der Waals surface area (Å²) >= 11 is 0. The monoisotopic (exact) mass is 514 g/mol. The predicted molar refractivity (Wildman–Crippen MR) is 143 cm³/mol. The molecule has 37 heavy (non-hydrogen) atoms. The minimum Gasteiger partial charge on any atom is -0.465 e. The van der Waals surface area contributed by atoms with Crippen molar-refractivity contribution >= 4 is 33.3 Å². The second kappa shape index (κ2) is 11.1. The molecule has 7 nitrogen and oxygen atoms in total. The topological polar surface area (TPSA) is 92.8 Å². The van der Waals surface area contributed by atoms with Crippen LogP contribution >= 0.6 is 0 Å². The Labute approximate surface area is 216 Å². The fraction of sp³-hybridized carbons (Fsp3) is 0.103. The number of amides is 1. The number of hydrogen-bond donors (Lipinski definition) is 1. The van der Waals surface area contributed by atoms with Gasteiger partial charge in [0.15, 0.2) is 0 Å². The minimum absolute atomic E-state index is 0.0140. The minimum atomic E-state index is -4.04. The SMILES string of the molecule is COC(=O)c1ccccc1NC(=O)c1ccccc1N(Cc1ccccc1)S(=O)(=O)c1ccc(C)cc1. The normalized spacial score (nSPS) is 11.0. The van der Waals surface area contributed by atoms with Crippen LogP contribution in [0.4, 0.5) is 11.4 Å². The van der Waals surface area contributed by atoms with Gasteiger partial charge in [-0.15, -0.1) is 0 Å². The second-order valence-corrected chi connectivity index (χ2v) is 10.2. The molecule has 0 saturated heterocycles. The maximum absolute atomic E-state index is 13.9. The van der Waals surface area contributed by atoms with Gasteiger partial charge in [0.1, 0.15) is 0 Å². The van der Waals surface area contributed by atoms with Gasteiger partial charge in [0.25, 0.3) is 15.9 Å². The summed E-state index contributed by atoms with van der Waals surface area (Å²) in [5, 5.41) is 2.74. The van der Waals surface area contributed by atoms with Crippen molar-refractivity contribution in [1.82, 2.24) is 0 Å². The molecular weight excluding hydrogens is 488 g/mol. The van der Waals surface area contributed by atoms with E-state index in [9.17, 15) is 18.0 Å². The second-order valence-electron chi connectivity index (χ2n) is 8.32. The Bertz CT molecular complexity index is 1520. The highest BCUT2D eigenvalue weighted by atomic mass is 32.2. The van der Waals surface area contributed by atoms with E-state index in [4.69, 9.17) is 4.74 Å². The van der Waals surface area contributed by atoms with Gasteiger partial charge in [-0.3, -0.25) is 9.10 Å². The van der Waals surface area contributed by atoms with Crippen molar-refractivity contribution in [3.8, 4) is 0 Å². The molecule has 188 valence electrons. The number of anilines is 2. The van der Waals surface area contributed by atoms with E-state index < -0.39 is 21.9 Å². The van der Waals surface area contributed by atoms with Crippen LogP contribution in [-0.2, 0) is 21.3 Å². The van der Waals surface area contributed by atoms with Crippen molar-refractivity contribution in [1.29, 1.82) is 0 Å². The number of esters is 1. The number of aryl methyl sites for hydroxylation is 1. The third kappa shape index (κ3) is 5.70. The Morgan fingerprint density at radius 3 is 2.05 bits per heavy atom. The summed E-state index contributed by atoms with van der Waals surface area (Å²) in [4.78, 5) is 25.8. The molecule has 4 aromatic rings. The average Bonchev–Trinajstić information content (AvgIpc) is 2.92. The Morgan fingerprint density at radius 1 is 0.784 bits per heavy atom. The molecule has 0 aliphatic carbocycles. The van der Waals surface area contributed by atoms with Crippen molar-refractivity contribution in [3.05, 3.63) is 125 Å². The average molecular weight is 515 g/mol. The summed E-state index contributed by atoms with van der Waals surface area (Å²) in [7, 11) is -2.79. The number of carbonyl (C=O) groups is 2. The Kier molecular flexibility index (Phi) is 7.69.